The van der Waals surface area contributed by atoms with Gasteiger partial charge >= 0.3 is 12.4 Å². The fraction of sp³-hybridized carbons (Fsp3) is 0.370. The van der Waals surface area contributed by atoms with Gasteiger partial charge in [-0.25, -0.2) is 0 Å². The van der Waals surface area contributed by atoms with E-state index in [-0.39, 0.29) is 0 Å². The molecule has 2 aliphatic heterocycles. The first-order chi connectivity index (χ1) is 16.4. The molecule has 0 saturated carbocycles. The molecule has 0 bridgehead atoms. The van der Waals surface area contributed by atoms with Crippen LogP contribution in [0, 0.1) is 0 Å². The summed E-state index contributed by atoms with van der Waals surface area (Å²) < 4.78 is 79.8. The Labute approximate surface area is 205 Å². The molecule has 0 spiro atoms. The SMILES string of the molecule is CN1/C(=C/C(=O)/C=C2/N(C)c3ccc(C(F)(F)F)cc3C2(C)C)C(C)(C)c2cc(C(F)(F)F)ccc21. The second-order valence-corrected chi connectivity index (χ2v) is 10.3. The summed E-state index contributed by atoms with van der Waals surface area (Å²) in [7, 11) is 3.38. The molecule has 36 heavy (non-hydrogen) atoms. The zero-order valence-corrected chi connectivity index (χ0v) is 20.7. The Hall–Kier alpha value is -3.23. The quantitative estimate of drug-likeness (QED) is 0.316. The standard InChI is InChI=1S/C27H26F6N2O/c1-24(2)18-11-15(26(28,29)30)7-9-20(18)34(5)22(24)13-17(36)14-23-25(3,4)19-12-16(27(31,32)33)8-10-21(19)35(23)6/h7-14H,1-6H3/b22-13+,23-14+. The minimum Gasteiger partial charge on any atom is -0.347 e. The van der Waals surface area contributed by atoms with Crippen molar-refractivity contribution >= 4 is 17.2 Å². The lowest BCUT2D eigenvalue weighted by atomic mass is 9.81. The molecule has 0 aromatic heterocycles. The van der Waals surface area contributed by atoms with Crippen LogP contribution in [0.3, 0.4) is 0 Å². The van der Waals surface area contributed by atoms with Crippen LogP contribution in [0.5, 0.6) is 0 Å². The maximum absolute atomic E-state index is 13.3. The molecule has 0 unspecified atom stereocenters. The van der Waals surface area contributed by atoms with Gasteiger partial charge < -0.3 is 9.80 Å². The molecule has 0 N–H and O–H groups in total. The highest BCUT2D eigenvalue weighted by atomic mass is 19.4. The molecule has 3 nitrogen and oxygen atoms in total. The first-order valence-electron chi connectivity index (χ1n) is 11.3. The minimum absolute atomic E-state index is 0.410. The molecule has 0 amide bonds. The van der Waals surface area contributed by atoms with E-state index in [1.54, 1.807) is 51.6 Å². The van der Waals surface area contributed by atoms with Gasteiger partial charge in [-0.2, -0.15) is 26.3 Å². The number of likely N-dealkylation sites (N-methyl/N-ethyl adjacent to an activating group) is 2. The number of anilines is 2. The van der Waals surface area contributed by atoms with E-state index in [2.05, 4.69) is 0 Å². The summed E-state index contributed by atoms with van der Waals surface area (Å²) in [5, 5.41) is 0. The minimum atomic E-state index is -4.49. The van der Waals surface area contributed by atoms with Crippen LogP contribution in [-0.4, -0.2) is 19.9 Å². The van der Waals surface area contributed by atoms with Gasteiger partial charge in [0.15, 0.2) is 5.78 Å². The van der Waals surface area contributed by atoms with E-state index < -0.39 is 40.1 Å². The molecule has 2 aliphatic rings. The molecule has 2 heterocycles. The highest BCUT2D eigenvalue weighted by Crippen LogP contribution is 2.50. The highest BCUT2D eigenvalue weighted by Gasteiger charge is 2.43. The number of carbonyl (C=O) groups excluding carboxylic acids is 1. The second-order valence-electron chi connectivity index (χ2n) is 10.3. The van der Waals surface area contributed by atoms with Crippen molar-refractivity contribution in [1.82, 2.24) is 0 Å². The van der Waals surface area contributed by atoms with Crippen molar-refractivity contribution in [3.63, 3.8) is 0 Å². The first-order valence-corrected chi connectivity index (χ1v) is 11.3. The zero-order chi connectivity index (χ0) is 27.0. The van der Waals surface area contributed by atoms with Crippen LogP contribution in [0.25, 0.3) is 0 Å². The third-order valence-electron chi connectivity index (χ3n) is 7.28. The molecule has 9 heteroatoms. The molecule has 0 aliphatic carbocycles. The first kappa shape index (κ1) is 25.9. The largest absolute Gasteiger partial charge is 0.416 e. The molecular weight excluding hydrogens is 482 g/mol. The predicted molar refractivity (Wildman–Crippen MR) is 127 cm³/mol. The number of rotatable bonds is 2. The second kappa shape index (κ2) is 7.88. The third kappa shape index (κ3) is 3.98. The molecule has 0 atom stereocenters. The highest BCUT2D eigenvalue weighted by molar-refractivity contribution is 6.02. The Bertz CT molecular complexity index is 1220. The van der Waals surface area contributed by atoms with E-state index in [9.17, 15) is 31.1 Å². The molecule has 0 fully saturated rings. The van der Waals surface area contributed by atoms with Gasteiger partial charge in [0, 0.05) is 59.8 Å². The third-order valence-corrected chi connectivity index (χ3v) is 7.28. The van der Waals surface area contributed by atoms with Gasteiger partial charge in [-0.1, -0.05) is 27.7 Å². The number of hydrogen-bond donors (Lipinski definition) is 0. The lowest BCUT2D eigenvalue weighted by Gasteiger charge is -2.25. The van der Waals surface area contributed by atoms with Gasteiger partial charge in [-0.3, -0.25) is 4.79 Å². The summed E-state index contributed by atoms with van der Waals surface area (Å²) in [6.07, 6.45) is -6.21. The Morgan fingerprint density at radius 1 is 0.694 bits per heavy atom. The van der Waals surface area contributed by atoms with Gasteiger partial charge in [0.05, 0.1) is 11.1 Å². The molecule has 2 aromatic rings. The molecule has 0 radical (unpaired) electrons. The van der Waals surface area contributed by atoms with Gasteiger partial charge in [-0.15, -0.1) is 0 Å². The number of hydrogen-bond acceptors (Lipinski definition) is 3. The number of nitrogens with zero attached hydrogens (tertiary/aromatic N) is 2. The average Bonchev–Trinajstić information content (AvgIpc) is 3.06. The van der Waals surface area contributed by atoms with Crippen LogP contribution in [0.4, 0.5) is 37.7 Å². The number of carbonyl (C=O) groups is 1. The Morgan fingerprint density at radius 3 is 1.33 bits per heavy atom. The van der Waals surface area contributed by atoms with Gasteiger partial charge in [0.25, 0.3) is 0 Å². The van der Waals surface area contributed by atoms with Gasteiger partial charge in [0.2, 0.25) is 0 Å². The maximum atomic E-state index is 13.3. The molecule has 4 rings (SSSR count). The van der Waals surface area contributed by atoms with Gasteiger partial charge in [0.1, 0.15) is 0 Å². The van der Waals surface area contributed by atoms with Crippen molar-refractivity contribution in [2.45, 2.75) is 50.9 Å². The van der Waals surface area contributed by atoms with E-state index in [0.717, 1.165) is 24.3 Å². The topological polar surface area (TPSA) is 23.6 Å². The van der Waals surface area contributed by atoms with Gasteiger partial charge in [-0.05, 0) is 47.5 Å². The number of ketones is 1. The maximum Gasteiger partial charge on any atom is 0.416 e. The van der Waals surface area contributed by atoms with Crippen molar-refractivity contribution in [1.29, 1.82) is 0 Å². The van der Waals surface area contributed by atoms with Crippen molar-refractivity contribution in [3.8, 4) is 0 Å². The lowest BCUT2D eigenvalue weighted by Crippen LogP contribution is -2.25. The molecule has 192 valence electrons. The van der Waals surface area contributed by atoms with Crippen LogP contribution in [0.1, 0.15) is 49.9 Å². The fourth-order valence-corrected chi connectivity index (χ4v) is 5.25. The van der Waals surface area contributed by atoms with E-state index >= 15 is 0 Å². The Kier molecular flexibility index (Phi) is 5.66. The Balaban J connectivity index is 1.72. The van der Waals surface area contributed by atoms with E-state index in [4.69, 9.17) is 0 Å². The average molecular weight is 509 g/mol. The number of alkyl halides is 6. The summed E-state index contributed by atoms with van der Waals surface area (Å²) in [4.78, 5) is 16.6. The van der Waals surface area contributed by atoms with Crippen LogP contribution in [0.2, 0.25) is 0 Å². The van der Waals surface area contributed by atoms with E-state index in [1.807, 2.05) is 0 Å². The van der Waals surface area contributed by atoms with E-state index in [1.165, 1.54) is 24.3 Å². The number of allylic oxidation sites excluding steroid dienone is 4. The summed E-state index contributed by atoms with van der Waals surface area (Å²) >= 11 is 0. The van der Waals surface area contributed by atoms with Crippen LogP contribution < -0.4 is 9.80 Å². The lowest BCUT2D eigenvalue weighted by molar-refractivity contribution is -0.138. The van der Waals surface area contributed by atoms with Crippen molar-refractivity contribution in [2.75, 3.05) is 23.9 Å². The van der Waals surface area contributed by atoms with Crippen molar-refractivity contribution in [2.24, 2.45) is 0 Å². The van der Waals surface area contributed by atoms with Crippen LogP contribution >= 0.6 is 0 Å². The number of halogens is 6. The summed E-state index contributed by atoms with van der Waals surface area (Å²) in [5.74, 6) is -0.410. The monoisotopic (exact) mass is 508 g/mol. The number of benzene rings is 2. The van der Waals surface area contributed by atoms with E-state index in [0.29, 0.717) is 33.9 Å². The smallest absolute Gasteiger partial charge is 0.347 e. The summed E-state index contributed by atoms with van der Waals surface area (Å²) in [6, 6.07) is 7.04. The molecule has 2 aromatic carbocycles. The molecule has 0 saturated heterocycles. The number of fused-ring (bicyclic) bond motifs is 2. The molecular formula is C27H26F6N2O. The zero-order valence-electron chi connectivity index (χ0n) is 20.7. The van der Waals surface area contributed by atoms with Crippen LogP contribution in [-0.2, 0) is 28.0 Å². The normalized spacial score (nSPS) is 20.8. The summed E-state index contributed by atoms with van der Waals surface area (Å²) in [6.45, 7) is 7.01. The van der Waals surface area contributed by atoms with Crippen molar-refractivity contribution in [3.05, 3.63) is 82.2 Å². The Morgan fingerprint density at radius 2 is 1.03 bits per heavy atom. The van der Waals surface area contributed by atoms with Crippen LogP contribution in [0.15, 0.2) is 59.9 Å². The summed E-state index contributed by atoms with van der Waals surface area (Å²) in [5.41, 5.74) is -0.167. The van der Waals surface area contributed by atoms with Crippen molar-refractivity contribution < 1.29 is 31.1 Å². The fourth-order valence-electron chi connectivity index (χ4n) is 5.25. The predicted octanol–water partition coefficient (Wildman–Crippen LogP) is 7.22.